The smallest absolute Gasteiger partial charge is 0.324 e. The summed E-state index contributed by atoms with van der Waals surface area (Å²) >= 11 is 0. The van der Waals surface area contributed by atoms with E-state index in [2.05, 4.69) is 6.07 Å². The zero-order chi connectivity index (χ0) is 15.3. The van der Waals surface area contributed by atoms with Crippen LogP contribution in [0, 0.1) is 11.3 Å². The molecule has 0 amide bonds. The number of nitriles is 1. The summed E-state index contributed by atoms with van der Waals surface area (Å²) in [7, 11) is 0. The normalized spacial score (nSPS) is 21.9. The third-order valence-corrected chi connectivity index (χ3v) is 4.22. The lowest BCUT2D eigenvalue weighted by atomic mass is 9.93. The van der Waals surface area contributed by atoms with Crippen molar-refractivity contribution in [2.24, 2.45) is 0 Å². The fourth-order valence-corrected chi connectivity index (χ4v) is 2.95. The molecule has 0 saturated carbocycles. The molecule has 0 spiro atoms. The molecule has 1 atom stereocenters. The van der Waals surface area contributed by atoms with E-state index in [4.69, 9.17) is 10.00 Å². The van der Waals surface area contributed by atoms with E-state index in [1.54, 1.807) is 24.3 Å². The van der Waals surface area contributed by atoms with Crippen molar-refractivity contribution in [2.45, 2.75) is 31.7 Å². The lowest BCUT2D eigenvalue weighted by Gasteiger charge is -2.33. The van der Waals surface area contributed by atoms with Crippen LogP contribution in [0.25, 0.3) is 0 Å². The van der Waals surface area contributed by atoms with Gasteiger partial charge in [-0.3, -0.25) is 9.69 Å². The van der Waals surface area contributed by atoms with Crippen molar-refractivity contribution in [1.29, 1.82) is 5.26 Å². The van der Waals surface area contributed by atoms with Crippen LogP contribution in [0.4, 0.5) is 0 Å². The molecule has 5 heteroatoms. The second kappa shape index (κ2) is 6.59. The highest BCUT2D eigenvalue weighted by molar-refractivity contribution is 5.79. The van der Waals surface area contributed by atoms with E-state index in [0.29, 0.717) is 37.3 Å². The highest BCUT2D eigenvalue weighted by atomic mass is 16.5. The SMILES string of the molecule is CCC1(C(=O)O)CCCN1CCOc1ccc(C#N)cc1. The third-order valence-electron chi connectivity index (χ3n) is 4.22. The van der Waals surface area contributed by atoms with Crippen molar-refractivity contribution in [3.63, 3.8) is 0 Å². The second-order valence-electron chi connectivity index (χ2n) is 5.27. The van der Waals surface area contributed by atoms with Gasteiger partial charge in [-0.15, -0.1) is 0 Å². The molecule has 2 rings (SSSR count). The Balaban J connectivity index is 1.90. The maximum absolute atomic E-state index is 11.6. The Kier molecular flexibility index (Phi) is 4.81. The molecule has 21 heavy (non-hydrogen) atoms. The van der Waals surface area contributed by atoms with Gasteiger partial charge in [0.05, 0.1) is 11.6 Å². The minimum atomic E-state index is -0.735. The van der Waals surface area contributed by atoms with Crippen LogP contribution in [0.15, 0.2) is 24.3 Å². The number of aliphatic carboxylic acids is 1. The molecule has 5 nitrogen and oxygen atoms in total. The predicted molar refractivity (Wildman–Crippen MR) is 78.1 cm³/mol. The lowest BCUT2D eigenvalue weighted by Crippen LogP contribution is -2.51. The van der Waals surface area contributed by atoms with Crippen LogP contribution < -0.4 is 4.74 Å². The fraction of sp³-hybridized carbons (Fsp3) is 0.500. The van der Waals surface area contributed by atoms with Crippen LogP contribution >= 0.6 is 0 Å². The second-order valence-corrected chi connectivity index (χ2v) is 5.27. The number of hydrogen-bond acceptors (Lipinski definition) is 4. The Bertz CT molecular complexity index is 535. The van der Waals surface area contributed by atoms with E-state index in [0.717, 1.165) is 13.0 Å². The standard InChI is InChI=1S/C16H20N2O3/c1-2-16(15(19)20)8-3-9-18(16)10-11-21-14-6-4-13(12-17)5-7-14/h4-7H,2-3,8-11H2,1H3,(H,19,20). The number of ether oxygens (including phenoxy) is 1. The van der Waals surface area contributed by atoms with Gasteiger partial charge in [-0.2, -0.15) is 5.26 Å². The zero-order valence-corrected chi connectivity index (χ0v) is 12.2. The molecule has 1 unspecified atom stereocenters. The summed E-state index contributed by atoms with van der Waals surface area (Å²) in [6.45, 7) is 3.77. The van der Waals surface area contributed by atoms with E-state index in [1.807, 2.05) is 11.8 Å². The van der Waals surface area contributed by atoms with Crippen LogP contribution in [0.1, 0.15) is 31.7 Å². The van der Waals surface area contributed by atoms with Gasteiger partial charge in [-0.05, 0) is 50.1 Å². The average molecular weight is 288 g/mol. The number of likely N-dealkylation sites (tertiary alicyclic amines) is 1. The third kappa shape index (κ3) is 3.17. The molecule has 1 aliphatic rings. The molecular weight excluding hydrogens is 268 g/mol. The molecule has 1 heterocycles. The van der Waals surface area contributed by atoms with Crippen molar-refractivity contribution < 1.29 is 14.6 Å². The molecule has 0 radical (unpaired) electrons. The average Bonchev–Trinajstić information content (AvgIpc) is 2.92. The van der Waals surface area contributed by atoms with Crippen LogP contribution in [0.3, 0.4) is 0 Å². The molecule has 0 aromatic heterocycles. The summed E-state index contributed by atoms with van der Waals surface area (Å²) in [4.78, 5) is 13.6. The van der Waals surface area contributed by atoms with Crippen molar-refractivity contribution >= 4 is 5.97 Å². The van der Waals surface area contributed by atoms with Gasteiger partial charge in [0.1, 0.15) is 17.9 Å². The van der Waals surface area contributed by atoms with Crippen LogP contribution in [-0.4, -0.2) is 41.2 Å². The molecule has 1 aromatic rings. The molecule has 1 fully saturated rings. The number of hydrogen-bond donors (Lipinski definition) is 1. The maximum atomic E-state index is 11.6. The first-order valence-corrected chi connectivity index (χ1v) is 7.24. The minimum Gasteiger partial charge on any atom is -0.492 e. The summed E-state index contributed by atoms with van der Waals surface area (Å²) in [5.74, 6) is -0.0357. The van der Waals surface area contributed by atoms with E-state index < -0.39 is 11.5 Å². The van der Waals surface area contributed by atoms with Crippen molar-refractivity contribution in [1.82, 2.24) is 4.90 Å². The number of carboxylic acid groups (broad SMARTS) is 1. The molecule has 112 valence electrons. The number of benzene rings is 1. The molecule has 1 aliphatic heterocycles. The molecule has 0 bridgehead atoms. The Morgan fingerprint density at radius 2 is 2.19 bits per heavy atom. The number of rotatable bonds is 6. The highest BCUT2D eigenvalue weighted by Gasteiger charge is 2.45. The summed E-state index contributed by atoms with van der Waals surface area (Å²) in [6, 6.07) is 8.98. The van der Waals surface area contributed by atoms with Gasteiger partial charge in [-0.1, -0.05) is 6.92 Å². The van der Waals surface area contributed by atoms with Gasteiger partial charge >= 0.3 is 5.97 Å². The first-order chi connectivity index (χ1) is 10.1. The summed E-state index contributed by atoms with van der Waals surface area (Å²) in [5.41, 5.74) is -0.133. The first kappa shape index (κ1) is 15.3. The van der Waals surface area contributed by atoms with Gasteiger partial charge in [-0.25, -0.2) is 0 Å². The number of carboxylic acids is 1. The van der Waals surface area contributed by atoms with Crippen LogP contribution in [-0.2, 0) is 4.79 Å². The Morgan fingerprint density at radius 1 is 1.48 bits per heavy atom. The fourth-order valence-electron chi connectivity index (χ4n) is 2.95. The van der Waals surface area contributed by atoms with Gasteiger partial charge in [0.2, 0.25) is 0 Å². The van der Waals surface area contributed by atoms with Crippen LogP contribution in [0.2, 0.25) is 0 Å². The monoisotopic (exact) mass is 288 g/mol. The van der Waals surface area contributed by atoms with E-state index >= 15 is 0 Å². The summed E-state index contributed by atoms with van der Waals surface area (Å²) in [6.07, 6.45) is 2.23. The predicted octanol–water partition coefficient (Wildman–Crippen LogP) is 2.27. The maximum Gasteiger partial charge on any atom is 0.324 e. The Labute approximate surface area is 124 Å². The topological polar surface area (TPSA) is 73.6 Å². The zero-order valence-electron chi connectivity index (χ0n) is 12.2. The quantitative estimate of drug-likeness (QED) is 0.869. The molecule has 0 aliphatic carbocycles. The number of nitrogens with zero attached hydrogens (tertiary/aromatic N) is 2. The lowest BCUT2D eigenvalue weighted by molar-refractivity contribution is -0.150. The Hall–Kier alpha value is -2.06. The van der Waals surface area contributed by atoms with E-state index in [-0.39, 0.29) is 0 Å². The van der Waals surface area contributed by atoms with Crippen molar-refractivity contribution in [3.8, 4) is 11.8 Å². The van der Waals surface area contributed by atoms with Gasteiger partial charge in [0.15, 0.2) is 0 Å². The van der Waals surface area contributed by atoms with E-state index in [1.165, 1.54) is 0 Å². The van der Waals surface area contributed by atoms with Crippen LogP contribution in [0.5, 0.6) is 5.75 Å². The Morgan fingerprint density at radius 3 is 2.76 bits per heavy atom. The molecular formula is C16H20N2O3. The van der Waals surface area contributed by atoms with Gasteiger partial charge < -0.3 is 9.84 Å². The summed E-state index contributed by atoms with van der Waals surface area (Å²) < 4.78 is 5.64. The minimum absolute atomic E-state index is 0.445. The van der Waals surface area contributed by atoms with Crippen molar-refractivity contribution in [2.75, 3.05) is 19.7 Å². The van der Waals surface area contributed by atoms with Gasteiger partial charge in [0, 0.05) is 6.54 Å². The summed E-state index contributed by atoms with van der Waals surface area (Å²) in [5, 5.41) is 18.2. The highest BCUT2D eigenvalue weighted by Crippen LogP contribution is 2.32. The molecule has 1 aromatic carbocycles. The molecule has 1 N–H and O–H groups in total. The van der Waals surface area contributed by atoms with E-state index in [9.17, 15) is 9.90 Å². The van der Waals surface area contributed by atoms with Crippen molar-refractivity contribution in [3.05, 3.63) is 29.8 Å². The molecule has 1 saturated heterocycles. The first-order valence-electron chi connectivity index (χ1n) is 7.24. The largest absolute Gasteiger partial charge is 0.492 e. The number of carbonyl (C=O) groups is 1. The van der Waals surface area contributed by atoms with Gasteiger partial charge in [0.25, 0.3) is 0 Å².